The molecule has 0 saturated heterocycles. The fourth-order valence-electron chi connectivity index (χ4n) is 2.44. The maximum atomic E-state index is 12.1. The van der Waals surface area contributed by atoms with E-state index < -0.39 is 0 Å². The average Bonchev–Trinajstić information content (AvgIpc) is 2.93. The third-order valence-corrected chi connectivity index (χ3v) is 4.74. The summed E-state index contributed by atoms with van der Waals surface area (Å²) in [6.07, 6.45) is 1.46. The van der Waals surface area contributed by atoms with E-state index in [-0.39, 0.29) is 12.6 Å². The van der Waals surface area contributed by atoms with E-state index in [2.05, 4.69) is 15.3 Å². The second-order valence-electron chi connectivity index (χ2n) is 5.16. The minimum atomic E-state index is -0.341. The summed E-state index contributed by atoms with van der Waals surface area (Å²) < 4.78 is 5.10. The number of anilines is 2. The number of nitrogens with zero attached hydrogens (tertiary/aromatic N) is 2. The maximum absolute atomic E-state index is 12.1. The van der Waals surface area contributed by atoms with Crippen molar-refractivity contribution in [2.24, 2.45) is 0 Å². The molecule has 7 heteroatoms. The predicted octanol–water partition coefficient (Wildman–Crippen LogP) is 3.41. The number of benzene rings is 1. The Morgan fingerprint density at radius 1 is 1.38 bits per heavy atom. The van der Waals surface area contributed by atoms with Gasteiger partial charge in [-0.3, -0.25) is 0 Å². The van der Waals surface area contributed by atoms with Gasteiger partial charge in [0.15, 0.2) is 0 Å². The van der Waals surface area contributed by atoms with E-state index in [1.165, 1.54) is 17.7 Å². The average molecular weight is 343 g/mol. The molecule has 0 bridgehead atoms. The first-order chi connectivity index (χ1) is 11.6. The summed E-state index contributed by atoms with van der Waals surface area (Å²) in [6, 6.07) is 7.44. The van der Waals surface area contributed by atoms with Gasteiger partial charge in [-0.1, -0.05) is 12.1 Å². The number of nitrogens with one attached hydrogen (secondary N) is 1. The van der Waals surface area contributed by atoms with Crippen LogP contribution in [0.2, 0.25) is 0 Å². The standard InChI is InChI=1S/C17H17N3O3S/c1-3-23-17(22)14-10(2)13-15(18-9-19-16(13)24-14)20-12-6-4-5-11(7-12)8-21/h4-7,9,21H,3,8H2,1-2H3,(H,18,19,20). The van der Waals surface area contributed by atoms with Gasteiger partial charge < -0.3 is 15.2 Å². The lowest BCUT2D eigenvalue weighted by Gasteiger charge is -2.08. The minimum Gasteiger partial charge on any atom is -0.462 e. The summed E-state index contributed by atoms with van der Waals surface area (Å²) >= 11 is 1.30. The molecule has 0 amide bonds. The van der Waals surface area contributed by atoms with Crippen molar-refractivity contribution >= 4 is 39.0 Å². The van der Waals surface area contributed by atoms with Crippen LogP contribution in [0, 0.1) is 6.92 Å². The highest BCUT2D eigenvalue weighted by molar-refractivity contribution is 7.20. The number of esters is 1. The van der Waals surface area contributed by atoms with Gasteiger partial charge in [0.1, 0.15) is 21.9 Å². The van der Waals surface area contributed by atoms with Gasteiger partial charge in [-0.15, -0.1) is 11.3 Å². The summed E-state index contributed by atoms with van der Waals surface area (Å²) in [5.41, 5.74) is 2.42. The first-order valence-electron chi connectivity index (χ1n) is 7.52. The van der Waals surface area contributed by atoms with Crippen LogP contribution in [0.1, 0.15) is 27.7 Å². The van der Waals surface area contributed by atoms with E-state index >= 15 is 0 Å². The topological polar surface area (TPSA) is 84.3 Å². The van der Waals surface area contributed by atoms with Crippen molar-refractivity contribution in [1.29, 1.82) is 0 Å². The Morgan fingerprint density at radius 2 is 2.21 bits per heavy atom. The zero-order chi connectivity index (χ0) is 17.1. The maximum Gasteiger partial charge on any atom is 0.348 e. The van der Waals surface area contributed by atoms with Gasteiger partial charge >= 0.3 is 5.97 Å². The lowest BCUT2D eigenvalue weighted by molar-refractivity contribution is 0.0531. The van der Waals surface area contributed by atoms with Crippen molar-refractivity contribution in [3.63, 3.8) is 0 Å². The van der Waals surface area contributed by atoms with Gasteiger partial charge in [0.05, 0.1) is 18.6 Å². The van der Waals surface area contributed by atoms with Crippen LogP contribution < -0.4 is 5.32 Å². The Morgan fingerprint density at radius 3 is 2.96 bits per heavy atom. The number of aliphatic hydroxyl groups is 1. The Bertz CT molecular complexity index is 892. The van der Waals surface area contributed by atoms with E-state index in [0.29, 0.717) is 17.3 Å². The third kappa shape index (κ3) is 3.08. The molecular formula is C17H17N3O3S. The van der Waals surface area contributed by atoms with Crippen LogP contribution in [-0.2, 0) is 11.3 Å². The fourth-order valence-corrected chi connectivity index (χ4v) is 3.48. The van der Waals surface area contributed by atoms with Crippen molar-refractivity contribution in [2.45, 2.75) is 20.5 Å². The van der Waals surface area contributed by atoms with Gasteiger partial charge in [-0.05, 0) is 37.1 Å². The molecular weight excluding hydrogens is 326 g/mol. The molecule has 3 aromatic rings. The van der Waals surface area contributed by atoms with Gasteiger partial charge in [0.25, 0.3) is 0 Å². The Balaban J connectivity index is 2.03. The van der Waals surface area contributed by atoms with Crippen molar-refractivity contribution < 1.29 is 14.6 Å². The van der Waals surface area contributed by atoms with Crippen molar-refractivity contribution in [2.75, 3.05) is 11.9 Å². The number of ether oxygens (including phenoxy) is 1. The van der Waals surface area contributed by atoms with Crippen LogP contribution in [0.4, 0.5) is 11.5 Å². The highest BCUT2D eigenvalue weighted by Crippen LogP contribution is 2.34. The summed E-state index contributed by atoms with van der Waals surface area (Å²) in [6.45, 7) is 3.95. The van der Waals surface area contributed by atoms with E-state index in [9.17, 15) is 9.90 Å². The van der Waals surface area contributed by atoms with Crippen molar-refractivity contribution in [3.05, 3.63) is 46.6 Å². The molecule has 1 aromatic carbocycles. The number of aryl methyl sites for hydroxylation is 1. The smallest absolute Gasteiger partial charge is 0.348 e. The van der Waals surface area contributed by atoms with E-state index in [1.54, 1.807) is 6.92 Å². The lowest BCUT2D eigenvalue weighted by Crippen LogP contribution is -2.03. The molecule has 6 nitrogen and oxygen atoms in total. The number of aromatic nitrogens is 2. The van der Waals surface area contributed by atoms with Gasteiger partial charge in [-0.25, -0.2) is 14.8 Å². The SMILES string of the molecule is CCOC(=O)c1sc2ncnc(Nc3cccc(CO)c3)c2c1C. The van der Waals surface area contributed by atoms with Gasteiger partial charge in [-0.2, -0.15) is 0 Å². The first kappa shape index (κ1) is 16.4. The number of hydrogen-bond donors (Lipinski definition) is 2. The second kappa shape index (κ2) is 6.94. The number of hydrogen-bond acceptors (Lipinski definition) is 7. The molecule has 24 heavy (non-hydrogen) atoms. The lowest BCUT2D eigenvalue weighted by atomic mass is 10.2. The minimum absolute atomic E-state index is 0.0286. The number of fused-ring (bicyclic) bond motifs is 1. The van der Waals surface area contributed by atoms with E-state index in [4.69, 9.17) is 4.74 Å². The second-order valence-corrected chi connectivity index (χ2v) is 6.16. The summed E-state index contributed by atoms with van der Waals surface area (Å²) in [5.74, 6) is 0.283. The van der Waals surface area contributed by atoms with E-state index in [0.717, 1.165) is 27.0 Å². The van der Waals surface area contributed by atoms with Crippen LogP contribution in [0.5, 0.6) is 0 Å². The molecule has 0 spiro atoms. The molecule has 0 atom stereocenters. The van der Waals surface area contributed by atoms with Gasteiger partial charge in [0.2, 0.25) is 0 Å². The monoisotopic (exact) mass is 343 g/mol. The van der Waals surface area contributed by atoms with Crippen LogP contribution in [0.15, 0.2) is 30.6 Å². The summed E-state index contributed by atoms with van der Waals surface area (Å²) in [7, 11) is 0. The molecule has 3 rings (SSSR count). The molecule has 0 fully saturated rings. The van der Waals surface area contributed by atoms with Crippen LogP contribution in [0.3, 0.4) is 0 Å². The Labute approximate surface area is 143 Å². The quantitative estimate of drug-likeness (QED) is 0.691. The first-order valence-corrected chi connectivity index (χ1v) is 8.33. The normalized spacial score (nSPS) is 10.8. The summed E-state index contributed by atoms with van der Waals surface area (Å²) in [5, 5.41) is 13.3. The number of carbonyl (C=O) groups is 1. The number of rotatable bonds is 5. The zero-order valence-corrected chi connectivity index (χ0v) is 14.2. The number of aliphatic hydroxyl groups excluding tert-OH is 1. The molecule has 0 aliphatic rings. The molecule has 2 aromatic heterocycles. The van der Waals surface area contributed by atoms with E-state index in [1.807, 2.05) is 31.2 Å². The Kier molecular flexibility index (Phi) is 4.73. The molecule has 124 valence electrons. The highest BCUT2D eigenvalue weighted by atomic mass is 32.1. The van der Waals surface area contributed by atoms with Crippen LogP contribution in [-0.4, -0.2) is 27.7 Å². The van der Waals surface area contributed by atoms with Crippen molar-refractivity contribution in [3.8, 4) is 0 Å². The van der Waals surface area contributed by atoms with Crippen LogP contribution >= 0.6 is 11.3 Å². The molecule has 2 N–H and O–H groups in total. The zero-order valence-electron chi connectivity index (χ0n) is 13.4. The fraction of sp³-hybridized carbons (Fsp3) is 0.235. The molecule has 0 radical (unpaired) electrons. The molecule has 2 heterocycles. The highest BCUT2D eigenvalue weighted by Gasteiger charge is 2.20. The molecule has 0 aliphatic heterocycles. The number of thiophene rings is 1. The third-order valence-electron chi connectivity index (χ3n) is 3.56. The van der Waals surface area contributed by atoms with Crippen LogP contribution in [0.25, 0.3) is 10.2 Å². The molecule has 0 saturated carbocycles. The van der Waals surface area contributed by atoms with Crippen molar-refractivity contribution in [1.82, 2.24) is 9.97 Å². The molecule has 0 unspecified atom stereocenters. The largest absolute Gasteiger partial charge is 0.462 e. The summed E-state index contributed by atoms with van der Waals surface area (Å²) in [4.78, 5) is 21.9. The number of carbonyl (C=O) groups excluding carboxylic acids is 1. The van der Waals surface area contributed by atoms with Gasteiger partial charge in [0, 0.05) is 5.69 Å². The Hall–Kier alpha value is -2.51. The predicted molar refractivity (Wildman–Crippen MR) is 93.8 cm³/mol. The molecule has 0 aliphatic carbocycles.